The first-order valence-electron chi connectivity index (χ1n) is 6.52. The molecule has 1 heteroatoms. The number of benzene rings is 2. The predicted octanol–water partition coefficient (Wildman–Crippen LogP) is 4.58. The second-order valence-corrected chi connectivity index (χ2v) is 5.04. The average molecular weight is 239 g/mol. The lowest BCUT2D eigenvalue weighted by Crippen LogP contribution is -1.88. The van der Waals surface area contributed by atoms with Gasteiger partial charge in [-0.05, 0) is 42.2 Å². The van der Waals surface area contributed by atoms with Crippen LogP contribution in [0.3, 0.4) is 0 Å². The average Bonchev–Trinajstić information content (AvgIpc) is 3.18. The summed E-state index contributed by atoms with van der Waals surface area (Å²) in [7, 11) is 0. The van der Waals surface area contributed by atoms with Crippen LogP contribution in [0.5, 0.6) is 0 Å². The maximum Gasteiger partial charge on any atom is -0.0130 e. The van der Waals surface area contributed by atoms with Crippen LogP contribution in [0.15, 0.2) is 60.7 Å². The minimum atomic E-state index is 0. The second kappa shape index (κ2) is 5.83. The van der Waals surface area contributed by atoms with Crippen molar-refractivity contribution in [2.75, 3.05) is 0 Å². The molecule has 3 rings (SSSR count). The van der Waals surface area contributed by atoms with Crippen molar-refractivity contribution in [2.45, 2.75) is 25.2 Å². The summed E-state index contributed by atoms with van der Waals surface area (Å²) in [6, 6.07) is 21.8. The zero-order chi connectivity index (χ0) is 11.5. The molecule has 0 heterocycles. The first-order valence-corrected chi connectivity index (χ1v) is 6.52. The summed E-state index contributed by atoms with van der Waals surface area (Å²) in [5.74, 6) is 1.75. The highest BCUT2D eigenvalue weighted by molar-refractivity contribution is 5.26. The molecule has 0 spiro atoms. The number of aryl methyl sites for hydroxylation is 1. The molecule has 3 N–H and O–H groups in total. The van der Waals surface area contributed by atoms with Gasteiger partial charge in [-0.1, -0.05) is 60.7 Å². The molecular formula is C17H21N. The summed E-state index contributed by atoms with van der Waals surface area (Å²) in [6.07, 6.45) is 3.95. The quantitative estimate of drug-likeness (QED) is 0.832. The molecular weight excluding hydrogens is 218 g/mol. The van der Waals surface area contributed by atoms with E-state index in [1.54, 1.807) is 0 Å². The van der Waals surface area contributed by atoms with Gasteiger partial charge in [-0.3, -0.25) is 0 Å². The molecule has 0 aliphatic heterocycles. The van der Waals surface area contributed by atoms with E-state index >= 15 is 0 Å². The van der Waals surface area contributed by atoms with Gasteiger partial charge in [-0.2, -0.15) is 0 Å². The fraction of sp³-hybridized carbons (Fsp3) is 0.294. The van der Waals surface area contributed by atoms with E-state index in [0.717, 1.165) is 11.8 Å². The normalized spacial score (nSPS) is 21.1. The largest absolute Gasteiger partial charge is 0.344 e. The monoisotopic (exact) mass is 239 g/mol. The second-order valence-electron chi connectivity index (χ2n) is 5.04. The molecule has 0 bridgehead atoms. The molecule has 2 unspecified atom stereocenters. The minimum absolute atomic E-state index is 0. The topological polar surface area (TPSA) is 35.0 Å². The Balaban J connectivity index is 0.00000120. The molecule has 0 aromatic heterocycles. The van der Waals surface area contributed by atoms with Crippen molar-refractivity contribution in [1.29, 1.82) is 0 Å². The molecule has 1 nitrogen and oxygen atoms in total. The fourth-order valence-corrected chi connectivity index (χ4v) is 2.67. The van der Waals surface area contributed by atoms with Crippen LogP contribution in [-0.4, -0.2) is 0 Å². The summed E-state index contributed by atoms with van der Waals surface area (Å²) in [5, 5.41) is 0. The number of hydrogen-bond donors (Lipinski definition) is 1. The molecule has 1 fully saturated rings. The van der Waals surface area contributed by atoms with Crippen molar-refractivity contribution < 1.29 is 0 Å². The summed E-state index contributed by atoms with van der Waals surface area (Å²) < 4.78 is 0. The van der Waals surface area contributed by atoms with Crippen LogP contribution in [0.2, 0.25) is 0 Å². The molecule has 18 heavy (non-hydrogen) atoms. The van der Waals surface area contributed by atoms with Crippen LogP contribution >= 0.6 is 0 Å². The van der Waals surface area contributed by atoms with Crippen LogP contribution in [0.25, 0.3) is 0 Å². The van der Waals surface area contributed by atoms with Crippen LogP contribution in [0.4, 0.5) is 0 Å². The van der Waals surface area contributed by atoms with E-state index in [1.165, 1.54) is 30.4 Å². The van der Waals surface area contributed by atoms with Crippen LogP contribution in [0.1, 0.15) is 29.9 Å². The fourth-order valence-electron chi connectivity index (χ4n) is 2.67. The third-order valence-corrected chi connectivity index (χ3v) is 3.80. The van der Waals surface area contributed by atoms with Gasteiger partial charge in [0.15, 0.2) is 0 Å². The molecule has 2 aromatic rings. The highest BCUT2D eigenvalue weighted by Crippen LogP contribution is 2.49. The van der Waals surface area contributed by atoms with Crippen molar-refractivity contribution >= 4 is 0 Å². The Kier molecular flexibility index (Phi) is 4.16. The molecule has 1 aliphatic rings. The van der Waals surface area contributed by atoms with Crippen LogP contribution in [0, 0.1) is 5.92 Å². The molecule has 0 amide bonds. The third kappa shape index (κ3) is 2.99. The van der Waals surface area contributed by atoms with Crippen LogP contribution in [-0.2, 0) is 6.42 Å². The summed E-state index contributed by atoms with van der Waals surface area (Å²) in [6.45, 7) is 0. The van der Waals surface area contributed by atoms with Crippen molar-refractivity contribution in [2.24, 2.45) is 5.92 Å². The van der Waals surface area contributed by atoms with E-state index < -0.39 is 0 Å². The van der Waals surface area contributed by atoms with E-state index in [4.69, 9.17) is 0 Å². The number of hydrogen-bond acceptors (Lipinski definition) is 1. The molecule has 94 valence electrons. The lowest BCUT2D eigenvalue weighted by molar-refractivity contribution is 0.703. The van der Waals surface area contributed by atoms with Gasteiger partial charge in [0, 0.05) is 0 Å². The van der Waals surface area contributed by atoms with Gasteiger partial charge < -0.3 is 6.15 Å². The molecule has 0 saturated heterocycles. The molecule has 1 aliphatic carbocycles. The Hall–Kier alpha value is -1.60. The first-order chi connectivity index (χ1) is 8.43. The van der Waals surface area contributed by atoms with Crippen LogP contribution < -0.4 is 6.15 Å². The predicted molar refractivity (Wildman–Crippen MR) is 77.1 cm³/mol. The van der Waals surface area contributed by atoms with Gasteiger partial charge in [0.25, 0.3) is 0 Å². The summed E-state index contributed by atoms with van der Waals surface area (Å²) in [4.78, 5) is 0. The van der Waals surface area contributed by atoms with Gasteiger partial charge in [0.05, 0.1) is 0 Å². The summed E-state index contributed by atoms with van der Waals surface area (Å²) in [5.41, 5.74) is 3.01. The highest BCUT2D eigenvalue weighted by Gasteiger charge is 2.37. The maximum atomic E-state index is 2.27. The van der Waals surface area contributed by atoms with Gasteiger partial charge in [0.2, 0.25) is 0 Å². The van der Waals surface area contributed by atoms with E-state index in [0.29, 0.717) is 0 Å². The first kappa shape index (κ1) is 12.8. The Bertz CT molecular complexity index is 463. The lowest BCUT2D eigenvalue weighted by Gasteiger charge is -2.01. The zero-order valence-corrected chi connectivity index (χ0v) is 10.8. The molecule has 1 saturated carbocycles. The maximum absolute atomic E-state index is 2.27. The molecule has 0 radical (unpaired) electrons. The SMILES string of the molecule is N.c1ccc(CCC2CC2c2ccccc2)cc1. The Morgan fingerprint density at radius 2 is 1.44 bits per heavy atom. The van der Waals surface area contributed by atoms with E-state index in [2.05, 4.69) is 60.7 Å². The standard InChI is InChI=1S/C17H18.H3N/c1-3-7-14(8-4-1)11-12-16-13-17(16)15-9-5-2-6-10-15;/h1-10,16-17H,11-13H2;1H3. The van der Waals surface area contributed by atoms with Crippen molar-refractivity contribution in [1.82, 2.24) is 6.15 Å². The van der Waals surface area contributed by atoms with Gasteiger partial charge in [-0.15, -0.1) is 0 Å². The third-order valence-electron chi connectivity index (χ3n) is 3.80. The summed E-state index contributed by atoms with van der Waals surface area (Å²) >= 11 is 0. The minimum Gasteiger partial charge on any atom is -0.344 e. The van der Waals surface area contributed by atoms with Gasteiger partial charge in [-0.25, -0.2) is 0 Å². The lowest BCUT2D eigenvalue weighted by atomic mass is 10.0. The highest BCUT2D eigenvalue weighted by atomic mass is 14.4. The van der Waals surface area contributed by atoms with Crippen molar-refractivity contribution in [3.63, 3.8) is 0 Å². The van der Waals surface area contributed by atoms with Crippen molar-refractivity contribution in [3.8, 4) is 0 Å². The number of rotatable bonds is 4. The Labute approximate surface area is 109 Å². The Morgan fingerprint density at radius 3 is 2.11 bits per heavy atom. The van der Waals surface area contributed by atoms with Gasteiger partial charge in [0.1, 0.15) is 0 Å². The molecule has 2 aromatic carbocycles. The van der Waals surface area contributed by atoms with E-state index in [-0.39, 0.29) is 6.15 Å². The van der Waals surface area contributed by atoms with E-state index in [9.17, 15) is 0 Å². The zero-order valence-electron chi connectivity index (χ0n) is 10.8. The van der Waals surface area contributed by atoms with Gasteiger partial charge >= 0.3 is 0 Å². The Morgan fingerprint density at radius 1 is 0.833 bits per heavy atom. The van der Waals surface area contributed by atoms with Crippen molar-refractivity contribution in [3.05, 3.63) is 71.8 Å². The molecule has 2 atom stereocenters. The smallest absolute Gasteiger partial charge is 0.0130 e. The van der Waals surface area contributed by atoms with E-state index in [1.807, 2.05) is 0 Å².